The summed E-state index contributed by atoms with van der Waals surface area (Å²) >= 11 is 3.32. The number of benzene rings is 2. The zero-order valence-corrected chi connectivity index (χ0v) is 12.7. The summed E-state index contributed by atoms with van der Waals surface area (Å²) < 4.78 is 33.7. The highest BCUT2D eigenvalue weighted by Gasteiger charge is 2.20. The molecule has 0 amide bonds. The Balaban J connectivity index is 2.52. The fourth-order valence-electron chi connectivity index (χ4n) is 2.01. The average Bonchev–Trinajstić information content (AvgIpc) is 2.44. The predicted octanol–water partition coefficient (Wildman–Crippen LogP) is 4.09. The summed E-state index contributed by atoms with van der Waals surface area (Å²) in [5.74, 6) is -1.26. The zero-order valence-electron chi connectivity index (χ0n) is 11.1. The van der Waals surface area contributed by atoms with Gasteiger partial charge in [-0.15, -0.1) is 0 Å². The fraction of sp³-hybridized carbons (Fsp3) is 0.200. The maximum Gasteiger partial charge on any atom is 0.164 e. The standard InChI is InChI=1S/C15H14BrF2NO/c1-8-3-5-11(14(18)13(8)17)15(19)10-6-4-9(16)7-12(10)20-2/h3-7,15H,19H2,1-2H3. The van der Waals surface area contributed by atoms with Gasteiger partial charge < -0.3 is 10.5 Å². The normalized spacial score (nSPS) is 12.3. The molecule has 0 saturated carbocycles. The summed E-state index contributed by atoms with van der Waals surface area (Å²) in [6, 6.07) is 7.45. The summed E-state index contributed by atoms with van der Waals surface area (Å²) in [4.78, 5) is 0. The van der Waals surface area contributed by atoms with E-state index in [0.717, 1.165) is 4.47 Å². The van der Waals surface area contributed by atoms with Gasteiger partial charge in [0.1, 0.15) is 5.75 Å². The molecule has 20 heavy (non-hydrogen) atoms. The summed E-state index contributed by atoms with van der Waals surface area (Å²) in [6.45, 7) is 1.51. The van der Waals surface area contributed by atoms with Gasteiger partial charge in [-0.3, -0.25) is 0 Å². The van der Waals surface area contributed by atoms with Crippen molar-refractivity contribution < 1.29 is 13.5 Å². The molecule has 0 bridgehead atoms. The van der Waals surface area contributed by atoms with E-state index in [4.69, 9.17) is 10.5 Å². The van der Waals surface area contributed by atoms with Gasteiger partial charge in [-0.25, -0.2) is 8.78 Å². The first-order valence-electron chi connectivity index (χ1n) is 5.99. The molecule has 2 aromatic rings. The highest BCUT2D eigenvalue weighted by atomic mass is 79.9. The van der Waals surface area contributed by atoms with Crippen LogP contribution in [-0.2, 0) is 0 Å². The van der Waals surface area contributed by atoms with Gasteiger partial charge in [-0.1, -0.05) is 34.1 Å². The third-order valence-corrected chi connectivity index (χ3v) is 3.66. The van der Waals surface area contributed by atoms with Gasteiger partial charge in [0.05, 0.1) is 13.2 Å². The molecule has 5 heteroatoms. The molecule has 1 atom stereocenters. The second kappa shape index (κ2) is 5.89. The van der Waals surface area contributed by atoms with Gasteiger partial charge in [-0.2, -0.15) is 0 Å². The first-order chi connectivity index (χ1) is 9.45. The van der Waals surface area contributed by atoms with Gasteiger partial charge in [-0.05, 0) is 24.6 Å². The van der Waals surface area contributed by atoms with Gasteiger partial charge in [0.2, 0.25) is 0 Å². The third-order valence-electron chi connectivity index (χ3n) is 3.17. The van der Waals surface area contributed by atoms with Crippen LogP contribution in [0.1, 0.15) is 22.7 Å². The van der Waals surface area contributed by atoms with E-state index in [0.29, 0.717) is 11.3 Å². The maximum atomic E-state index is 14.0. The van der Waals surface area contributed by atoms with Gasteiger partial charge in [0.15, 0.2) is 11.6 Å². The van der Waals surface area contributed by atoms with Crippen molar-refractivity contribution in [3.63, 3.8) is 0 Å². The molecule has 0 aliphatic heterocycles. The number of rotatable bonds is 3. The quantitative estimate of drug-likeness (QED) is 0.912. The van der Waals surface area contributed by atoms with E-state index in [1.807, 2.05) is 0 Å². The molecule has 0 aliphatic carbocycles. The number of hydrogen-bond donors (Lipinski definition) is 1. The second-order valence-corrected chi connectivity index (χ2v) is 5.38. The van der Waals surface area contributed by atoms with Gasteiger partial charge in [0, 0.05) is 15.6 Å². The lowest BCUT2D eigenvalue weighted by molar-refractivity contribution is 0.406. The van der Waals surface area contributed by atoms with Crippen LogP contribution in [0.5, 0.6) is 5.75 Å². The number of hydrogen-bond acceptors (Lipinski definition) is 2. The van der Waals surface area contributed by atoms with Gasteiger partial charge >= 0.3 is 0 Å². The van der Waals surface area contributed by atoms with Crippen molar-refractivity contribution in [2.24, 2.45) is 5.73 Å². The van der Waals surface area contributed by atoms with Crippen molar-refractivity contribution in [1.29, 1.82) is 0 Å². The zero-order chi connectivity index (χ0) is 14.9. The summed E-state index contributed by atoms with van der Waals surface area (Å²) in [7, 11) is 1.50. The van der Waals surface area contributed by atoms with E-state index in [1.165, 1.54) is 26.2 Å². The lowest BCUT2D eigenvalue weighted by Gasteiger charge is -2.17. The number of aryl methyl sites for hydroxylation is 1. The Morgan fingerprint density at radius 3 is 2.40 bits per heavy atom. The van der Waals surface area contributed by atoms with Crippen LogP contribution in [0.3, 0.4) is 0 Å². The number of ether oxygens (including phenoxy) is 1. The Bertz CT molecular complexity index is 646. The molecule has 0 aliphatic rings. The van der Waals surface area contributed by atoms with Crippen LogP contribution in [-0.4, -0.2) is 7.11 Å². The molecule has 0 heterocycles. The Morgan fingerprint density at radius 2 is 1.75 bits per heavy atom. The molecular weight excluding hydrogens is 328 g/mol. The topological polar surface area (TPSA) is 35.2 Å². The fourth-order valence-corrected chi connectivity index (χ4v) is 2.35. The van der Waals surface area contributed by atoms with Crippen molar-refractivity contribution >= 4 is 15.9 Å². The van der Waals surface area contributed by atoms with Crippen LogP contribution in [0.2, 0.25) is 0 Å². The Morgan fingerprint density at radius 1 is 1.10 bits per heavy atom. The smallest absolute Gasteiger partial charge is 0.164 e. The van der Waals surface area contributed by atoms with Gasteiger partial charge in [0.25, 0.3) is 0 Å². The second-order valence-electron chi connectivity index (χ2n) is 4.46. The maximum absolute atomic E-state index is 14.0. The van der Waals surface area contributed by atoms with E-state index >= 15 is 0 Å². The van der Waals surface area contributed by atoms with Crippen molar-refractivity contribution in [2.75, 3.05) is 7.11 Å². The molecule has 0 radical (unpaired) electrons. The molecule has 2 rings (SSSR count). The van der Waals surface area contributed by atoms with Crippen LogP contribution in [0.4, 0.5) is 8.78 Å². The number of halogens is 3. The number of methoxy groups -OCH3 is 1. The van der Waals surface area contributed by atoms with Crippen LogP contribution in [0.25, 0.3) is 0 Å². The molecule has 0 fully saturated rings. The molecule has 2 nitrogen and oxygen atoms in total. The van der Waals surface area contributed by atoms with E-state index in [-0.39, 0.29) is 11.1 Å². The third kappa shape index (κ3) is 2.69. The minimum atomic E-state index is -0.914. The van der Waals surface area contributed by atoms with Crippen LogP contribution < -0.4 is 10.5 Å². The average molecular weight is 342 g/mol. The minimum absolute atomic E-state index is 0.105. The van der Waals surface area contributed by atoms with Crippen LogP contribution >= 0.6 is 15.9 Å². The van der Waals surface area contributed by atoms with E-state index < -0.39 is 17.7 Å². The Hall–Kier alpha value is -1.46. The molecular formula is C15H14BrF2NO. The van der Waals surface area contributed by atoms with Crippen molar-refractivity contribution in [3.8, 4) is 5.75 Å². The highest BCUT2D eigenvalue weighted by Crippen LogP contribution is 2.32. The van der Waals surface area contributed by atoms with Crippen LogP contribution in [0, 0.1) is 18.6 Å². The molecule has 1 unspecified atom stereocenters. The minimum Gasteiger partial charge on any atom is -0.496 e. The molecule has 0 spiro atoms. The van der Waals surface area contributed by atoms with E-state index in [2.05, 4.69) is 15.9 Å². The Labute approximate surface area is 124 Å². The molecule has 2 aromatic carbocycles. The number of nitrogens with two attached hydrogens (primary N) is 1. The summed E-state index contributed by atoms with van der Waals surface area (Å²) in [5, 5.41) is 0. The van der Waals surface area contributed by atoms with Crippen molar-refractivity contribution in [2.45, 2.75) is 13.0 Å². The molecule has 2 N–H and O–H groups in total. The molecule has 0 saturated heterocycles. The largest absolute Gasteiger partial charge is 0.496 e. The van der Waals surface area contributed by atoms with Crippen molar-refractivity contribution in [3.05, 3.63) is 63.1 Å². The lowest BCUT2D eigenvalue weighted by Crippen LogP contribution is -2.16. The van der Waals surface area contributed by atoms with Crippen molar-refractivity contribution in [1.82, 2.24) is 0 Å². The highest BCUT2D eigenvalue weighted by molar-refractivity contribution is 9.10. The monoisotopic (exact) mass is 341 g/mol. The van der Waals surface area contributed by atoms with E-state index in [1.54, 1.807) is 18.2 Å². The first kappa shape index (κ1) is 14.9. The first-order valence-corrected chi connectivity index (χ1v) is 6.78. The SMILES string of the molecule is COc1cc(Br)ccc1C(N)c1ccc(C)c(F)c1F. The molecule has 106 valence electrons. The predicted molar refractivity (Wildman–Crippen MR) is 77.8 cm³/mol. The van der Waals surface area contributed by atoms with E-state index in [9.17, 15) is 8.78 Å². The Kier molecular flexibility index (Phi) is 4.40. The van der Waals surface area contributed by atoms with Crippen LogP contribution in [0.15, 0.2) is 34.8 Å². The summed E-state index contributed by atoms with van der Waals surface area (Å²) in [6.07, 6.45) is 0. The molecule has 0 aromatic heterocycles. The lowest BCUT2D eigenvalue weighted by atomic mass is 9.97. The summed E-state index contributed by atoms with van der Waals surface area (Å²) in [5.41, 5.74) is 7.01.